The molecule has 0 amide bonds. The predicted octanol–water partition coefficient (Wildman–Crippen LogP) is 1.56. The second-order valence-corrected chi connectivity index (χ2v) is 4.81. The number of aromatic nitrogens is 4. The van der Waals surface area contributed by atoms with Crippen molar-refractivity contribution in [1.82, 2.24) is 20.2 Å². The lowest BCUT2D eigenvalue weighted by Gasteiger charge is -2.25. The third-order valence-electron chi connectivity index (χ3n) is 3.35. The van der Waals surface area contributed by atoms with Gasteiger partial charge in [0.15, 0.2) is 0 Å². The van der Waals surface area contributed by atoms with Crippen LogP contribution >= 0.6 is 0 Å². The molecule has 100 valence electrons. The van der Waals surface area contributed by atoms with Gasteiger partial charge in [0, 0.05) is 18.3 Å². The third kappa shape index (κ3) is 2.73. The Bertz CT molecular complexity index is 534. The molecule has 0 bridgehead atoms. The molecule has 6 nitrogen and oxygen atoms in total. The quantitative estimate of drug-likeness (QED) is 0.906. The second-order valence-electron chi connectivity index (χ2n) is 4.81. The van der Waals surface area contributed by atoms with Crippen LogP contribution in [0.1, 0.15) is 18.4 Å². The Morgan fingerprint density at radius 2 is 2.37 bits per heavy atom. The number of anilines is 1. The van der Waals surface area contributed by atoms with E-state index in [1.54, 1.807) is 11.0 Å². The second kappa shape index (κ2) is 5.36. The lowest BCUT2D eigenvalue weighted by molar-refractivity contribution is 0.0876. The minimum Gasteiger partial charge on any atom is -0.380 e. The molecule has 1 unspecified atom stereocenters. The van der Waals surface area contributed by atoms with Crippen LogP contribution in [0.3, 0.4) is 0 Å². The zero-order valence-electron chi connectivity index (χ0n) is 10.9. The Labute approximate surface area is 111 Å². The predicted molar refractivity (Wildman–Crippen MR) is 71.4 cm³/mol. The van der Waals surface area contributed by atoms with Crippen LogP contribution in [0.2, 0.25) is 0 Å². The van der Waals surface area contributed by atoms with E-state index in [4.69, 9.17) is 4.74 Å². The molecule has 0 spiro atoms. The van der Waals surface area contributed by atoms with Crippen molar-refractivity contribution in [2.45, 2.75) is 25.8 Å². The molecule has 0 saturated carbocycles. The van der Waals surface area contributed by atoms with Crippen molar-refractivity contribution < 1.29 is 4.74 Å². The molecule has 1 saturated heterocycles. The largest absolute Gasteiger partial charge is 0.380 e. The van der Waals surface area contributed by atoms with Gasteiger partial charge in [0.05, 0.1) is 12.3 Å². The highest BCUT2D eigenvalue weighted by atomic mass is 16.5. The molecular formula is C13H17N5O. The highest BCUT2D eigenvalue weighted by Crippen LogP contribution is 2.21. The van der Waals surface area contributed by atoms with Crippen LogP contribution in [0.25, 0.3) is 5.69 Å². The Hall–Kier alpha value is -1.95. The lowest BCUT2D eigenvalue weighted by atomic mass is 10.1. The maximum Gasteiger partial charge on any atom is 0.143 e. The van der Waals surface area contributed by atoms with Gasteiger partial charge in [-0.15, -0.1) is 5.10 Å². The highest BCUT2D eigenvalue weighted by molar-refractivity contribution is 5.57. The molecule has 19 heavy (non-hydrogen) atoms. The van der Waals surface area contributed by atoms with Crippen molar-refractivity contribution in [1.29, 1.82) is 0 Å². The van der Waals surface area contributed by atoms with Gasteiger partial charge in [-0.05, 0) is 47.9 Å². The van der Waals surface area contributed by atoms with E-state index in [9.17, 15) is 0 Å². The minimum absolute atomic E-state index is 0.386. The highest BCUT2D eigenvalue weighted by Gasteiger charge is 2.14. The van der Waals surface area contributed by atoms with Crippen molar-refractivity contribution >= 4 is 5.69 Å². The number of nitrogens with zero attached hydrogens (tertiary/aromatic N) is 4. The average molecular weight is 259 g/mol. The summed E-state index contributed by atoms with van der Waals surface area (Å²) in [5.74, 6) is 0. The molecule has 1 aromatic heterocycles. The molecule has 3 rings (SSSR count). The summed E-state index contributed by atoms with van der Waals surface area (Å²) in [6.07, 6.45) is 3.86. The number of hydrogen-bond donors (Lipinski definition) is 1. The molecular weight excluding hydrogens is 242 g/mol. The van der Waals surface area contributed by atoms with E-state index in [1.807, 2.05) is 6.07 Å². The molecule has 1 aromatic carbocycles. The first kappa shape index (κ1) is 12.1. The summed E-state index contributed by atoms with van der Waals surface area (Å²) in [4.78, 5) is 0. The molecule has 0 radical (unpaired) electrons. The topological polar surface area (TPSA) is 64.9 Å². The minimum atomic E-state index is 0.386. The fraction of sp³-hybridized carbons (Fsp3) is 0.462. The smallest absolute Gasteiger partial charge is 0.143 e. The van der Waals surface area contributed by atoms with Crippen LogP contribution in [0.15, 0.2) is 24.5 Å². The van der Waals surface area contributed by atoms with Gasteiger partial charge in [0.2, 0.25) is 0 Å². The summed E-state index contributed by atoms with van der Waals surface area (Å²) in [5, 5.41) is 14.8. The summed E-state index contributed by atoms with van der Waals surface area (Å²) in [7, 11) is 0. The van der Waals surface area contributed by atoms with E-state index in [-0.39, 0.29) is 0 Å². The van der Waals surface area contributed by atoms with Crippen molar-refractivity contribution in [3.63, 3.8) is 0 Å². The third-order valence-corrected chi connectivity index (χ3v) is 3.35. The maximum absolute atomic E-state index is 5.50. The van der Waals surface area contributed by atoms with Gasteiger partial charge in [-0.25, -0.2) is 4.68 Å². The van der Waals surface area contributed by atoms with Gasteiger partial charge >= 0.3 is 0 Å². The van der Waals surface area contributed by atoms with E-state index in [0.29, 0.717) is 6.04 Å². The Kier molecular flexibility index (Phi) is 3.41. The summed E-state index contributed by atoms with van der Waals surface area (Å²) in [6, 6.07) is 6.54. The van der Waals surface area contributed by atoms with Crippen molar-refractivity contribution in [2.24, 2.45) is 0 Å². The van der Waals surface area contributed by atoms with E-state index < -0.39 is 0 Å². The molecule has 1 aliphatic rings. The van der Waals surface area contributed by atoms with E-state index in [0.717, 1.165) is 37.4 Å². The standard InChI is InChI=1S/C13H17N5O/c1-10-4-5-12(18-9-14-16-17-18)7-13(10)15-11-3-2-6-19-8-11/h4-5,7,9,11,15H,2-3,6,8H2,1H3. The molecule has 0 aliphatic carbocycles. The van der Waals surface area contributed by atoms with Gasteiger partial charge in [-0.3, -0.25) is 0 Å². The van der Waals surface area contributed by atoms with Gasteiger partial charge in [0.1, 0.15) is 6.33 Å². The van der Waals surface area contributed by atoms with Crippen LogP contribution in [0.5, 0.6) is 0 Å². The normalized spacial score (nSPS) is 19.3. The molecule has 6 heteroatoms. The molecule has 1 fully saturated rings. The first-order chi connectivity index (χ1) is 9.33. The van der Waals surface area contributed by atoms with Crippen molar-refractivity contribution in [3.05, 3.63) is 30.1 Å². The zero-order valence-corrected chi connectivity index (χ0v) is 10.9. The summed E-state index contributed by atoms with van der Waals surface area (Å²) >= 11 is 0. The first-order valence-electron chi connectivity index (χ1n) is 6.51. The van der Waals surface area contributed by atoms with Crippen molar-refractivity contribution in [3.8, 4) is 5.69 Å². The van der Waals surface area contributed by atoms with Crippen LogP contribution in [-0.4, -0.2) is 39.5 Å². The number of ether oxygens (including phenoxy) is 1. The van der Waals surface area contributed by atoms with Crippen LogP contribution in [0, 0.1) is 6.92 Å². The number of tetrazole rings is 1. The Morgan fingerprint density at radius 3 is 3.11 bits per heavy atom. The summed E-state index contributed by atoms with van der Waals surface area (Å²) in [5.41, 5.74) is 3.28. The fourth-order valence-electron chi connectivity index (χ4n) is 2.26. The number of nitrogens with one attached hydrogen (secondary N) is 1. The van der Waals surface area contributed by atoms with Crippen molar-refractivity contribution in [2.75, 3.05) is 18.5 Å². The molecule has 1 N–H and O–H groups in total. The average Bonchev–Trinajstić information content (AvgIpc) is 2.96. The molecule has 1 atom stereocenters. The van der Waals surface area contributed by atoms with Gasteiger partial charge in [0.25, 0.3) is 0 Å². The molecule has 2 heterocycles. The van der Waals surface area contributed by atoms with Crippen LogP contribution < -0.4 is 5.32 Å². The summed E-state index contributed by atoms with van der Waals surface area (Å²) in [6.45, 7) is 3.74. The van der Waals surface area contributed by atoms with Crippen LogP contribution in [-0.2, 0) is 4.74 Å². The Morgan fingerprint density at radius 1 is 1.42 bits per heavy atom. The molecule has 2 aromatic rings. The first-order valence-corrected chi connectivity index (χ1v) is 6.51. The van der Waals surface area contributed by atoms with Gasteiger partial charge in [-0.2, -0.15) is 0 Å². The zero-order chi connectivity index (χ0) is 13.1. The number of aryl methyl sites for hydroxylation is 1. The monoisotopic (exact) mass is 259 g/mol. The lowest BCUT2D eigenvalue weighted by Crippen LogP contribution is -2.30. The number of rotatable bonds is 3. The Balaban J connectivity index is 1.81. The fourth-order valence-corrected chi connectivity index (χ4v) is 2.26. The van der Waals surface area contributed by atoms with E-state index in [2.05, 4.69) is 39.9 Å². The van der Waals surface area contributed by atoms with Gasteiger partial charge in [-0.1, -0.05) is 6.07 Å². The van der Waals surface area contributed by atoms with E-state index >= 15 is 0 Å². The number of hydrogen-bond acceptors (Lipinski definition) is 5. The summed E-state index contributed by atoms with van der Waals surface area (Å²) < 4.78 is 7.15. The maximum atomic E-state index is 5.50. The van der Waals surface area contributed by atoms with Gasteiger partial charge < -0.3 is 10.1 Å². The van der Waals surface area contributed by atoms with E-state index in [1.165, 1.54) is 5.56 Å². The number of benzene rings is 1. The molecule has 1 aliphatic heterocycles. The SMILES string of the molecule is Cc1ccc(-n2cnnn2)cc1NC1CCCOC1. The van der Waals surface area contributed by atoms with Crippen LogP contribution in [0.4, 0.5) is 5.69 Å².